The zero-order chi connectivity index (χ0) is 14.1. The smallest absolute Gasteiger partial charge is 0.207 e. The highest BCUT2D eigenvalue weighted by atomic mass is 35.5. The molecule has 0 aromatic carbocycles. The number of hydrogen-bond acceptors (Lipinski definition) is 3. The van der Waals surface area contributed by atoms with Crippen LogP contribution < -0.4 is 0 Å². The molecule has 0 spiro atoms. The lowest BCUT2D eigenvalue weighted by Crippen LogP contribution is -2.44. The number of alkyl halides is 1. The minimum absolute atomic E-state index is 0.230. The van der Waals surface area contributed by atoms with Gasteiger partial charge in [0.05, 0.1) is 5.88 Å². The van der Waals surface area contributed by atoms with E-state index in [2.05, 4.69) is 0 Å². The zero-order valence-electron chi connectivity index (χ0n) is 11.4. The van der Waals surface area contributed by atoms with Gasteiger partial charge < -0.3 is 0 Å². The van der Waals surface area contributed by atoms with Gasteiger partial charge in [0.2, 0.25) is 10.0 Å². The van der Waals surface area contributed by atoms with E-state index in [9.17, 15) is 8.42 Å². The first-order valence-electron chi connectivity index (χ1n) is 5.80. The maximum atomic E-state index is 12.7. The summed E-state index contributed by atoms with van der Waals surface area (Å²) in [5.41, 5.74) is 0.367. The normalized spacial score (nSPS) is 13.3. The minimum atomic E-state index is -3.48. The van der Waals surface area contributed by atoms with Crippen molar-refractivity contribution in [3.63, 3.8) is 0 Å². The van der Waals surface area contributed by atoms with E-state index >= 15 is 0 Å². The first-order chi connectivity index (χ1) is 8.18. The Bertz CT molecular complexity index is 520. The molecule has 0 saturated heterocycles. The van der Waals surface area contributed by atoms with E-state index in [0.29, 0.717) is 9.77 Å². The summed E-state index contributed by atoms with van der Waals surface area (Å²) in [4.78, 5) is 1.10. The number of sulfonamides is 1. The second-order valence-electron chi connectivity index (χ2n) is 4.94. The monoisotopic (exact) mass is 309 g/mol. The van der Waals surface area contributed by atoms with Crippen molar-refractivity contribution in [3.8, 4) is 0 Å². The number of nitrogens with zero attached hydrogens (tertiary/aromatic N) is 1. The molecule has 1 aromatic heterocycles. The molecule has 0 unspecified atom stereocenters. The fourth-order valence-corrected chi connectivity index (χ4v) is 5.19. The van der Waals surface area contributed by atoms with Crippen molar-refractivity contribution < 1.29 is 8.42 Å². The third-order valence-corrected chi connectivity index (χ3v) is 7.41. The number of thiophene rings is 1. The van der Waals surface area contributed by atoms with Crippen LogP contribution in [0.2, 0.25) is 0 Å². The van der Waals surface area contributed by atoms with Crippen LogP contribution in [-0.4, -0.2) is 25.3 Å². The van der Waals surface area contributed by atoms with Crippen molar-refractivity contribution in [2.24, 2.45) is 0 Å². The molecule has 0 fully saturated rings. The van der Waals surface area contributed by atoms with Gasteiger partial charge in [0, 0.05) is 17.5 Å². The molecule has 0 N–H and O–H groups in total. The van der Waals surface area contributed by atoms with Crippen LogP contribution >= 0.6 is 22.9 Å². The van der Waals surface area contributed by atoms with Crippen LogP contribution in [0.4, 0.5) is 0 Å². The first-order valence-corrected chi connectivity index (χ1v) is 8.66. The molecule has 0 atom stereocenters. The highest BCUT2D eigenvalue weighted by molar-refractivity contribution is 7.89. The van der Waals surface area contributed by atoms with Crippen molar-refractivity contribution in [2.75, 3.05) is 7.05 Å². The molecule has 1 heterocycles. The van der Waals surface area contributed by atoms with E-state index in [-0.39, 0.29) is 5.88 Å². The summed E-state index contributed by atoms with van der Waals surface area (Å²) >= 11 is 7.23. The maximum Gasteiger partial charge on any atom is 0.244 e. The van der Waals surface area contributed by atoms with Crippen molar-refractivity contribution in [1.29, 1.82) is 0 Å². The van der Waals surface area contributed by atoms with Crippen LogP contribution in [0, 0.1) is 6.92 Å². The number of hydrogen-bond donors (Lipinski definition) is 0. The lowest BCUT2D eigenvalue weighted by Gasteiger charge is -2.34. The van der Waals surface area contributed by atoms with Crippen molar-refractivity contribution >= 4 is 33.0 Å². The Labute approximate surface area is 119 Å². The average Bonchev–Trinajstić information content (AvgIpc) is 2.69. The van der Waals surface area contributed by atoms with Crippen LogP contribution in [-0.2, 0) is 15.9 Å². The van der Waals surface area contributed by atoms with E-state index in [1.54, 1.807) is 7.05 Å². The molecule has 0 amide bonds. The number of halogens is 1. The third-order valence-electron chi connectivity index (χ3n) is 3.45. The van der Waals surface area contributed by atoms with Crippen LogP contribution in [0.3, 0.4) is 0 Å². The number of aryl methyl sites for hydroxylation is 1. The van der Waals surface area contributed by atoms with Crippen LogP contribution in [0.5, 0.6) is 0 Å². The molecule has 0 saturated carbocycles. The Morgan fingerprint density at radius 2 is 2.00 bits per heavy atom. The average molecular weight is 310 g/mol. The summed E-state index contributed by atoms with van der Waals surface area (Å²) in [6.45, 7) is 7.64. The summed E-state index contributed by atoms with van der Waals surface area (Å²) < 4.78 is 26.8. The standard InChI is InChI=1S/C12H20ClNO2S2/c1-6-12(3,4)14(5)18(15,16)11-9(2)8-17-10(11)7-13/h8H,6-7H2,1-5H3. The molecule has 0 aliphatic heterocycles. The molecule has 6 heteroatoms. The largest absolute Gasteiger partial charge is 0.244 e. The van der Waals surface area contributed by atoms with E-state index in [0.717, 1.165) is 12.0 Å². The van der Waals surface area contributed by atoms with Gasteiger partial charge in [-0.3, -0.25) is 0 Å². The van der Waals surface area contributed by atoms with Gasteiger partial charge in [-0.25, -0.2) is 8.42 Å². The third kappa shape index (κ3) is 2.74. The van der Waals surface area contributed by atoms with Crippen LogP contribution in [0.1, 0.15) is 37.6 Å². The Morgan fingerprint density at radius 3 is 2.44 bits per heavy atom. The molecule has 1 aromatic rings. The van der Waals surface area contributed by atoms with Crippen molar-refractivity contribution in [3.05, 3.63) is 15.8 Å². The summed E-state index contributed by atoms with van der Waals surface area (Å²) in [6, 6.07) is 0. The summed E-state index contributed by atoms with van der Waals surface area (Å²) in [7, 11) is -1.85. The van der Waals surface area contributed by atoms with Crippen LogP contribution in [0.15, 0.2) is 10.3 Å². The van der Waals surface area contributed by atoms with E-state index in [1.807, 2.05) is 33.1 Å². The molecule has 3 nitrogen and oxygen atoms in total. The molecule has 18 heavy (non-hydrogen) atoms. The molecule has 0 aliphatic rings. The Hall–Kier alpha value is -0.100. The van der Waals surface area contributed by atoms with Gasteiger partial charge >= 0.3 is 0 Å². The highest BCUT2D eigenvalue weighted by Gasteiger charge is 2.35. The summed E-state index contributed by atoms with van der Waals surface area (Å²) in [6.07, 6.45) is 0.752. The van der Waals surface area contributed by atoms with Gasteiger partial charge in [-0.15, -0.1) is 22.9 Å². The van der Waals surface area contributed by atoms with Crippen molar-refractivity contribution in [2.45, 2.75) is 50.4 Å². The van der Waals surface area contributed by atoms with Crippen molar-refractivity contribution in [1.82, 2.24) is 4.31 Å². The second-order valence-corrected chi connectivity index (χ2v) is 8.08. The second kappa shape index (κ2) is 5.49. The van der Waals surface area contributed by atoms with E-state index in [1.165, 1.54) is 15.6 Å². The molecule has 104 valence electrons. The molecule has 0 aliphatic carbocycles. The predicted octanol–water partition coefficient (Wildman–Crippen LogP) is 3.60. The predicted molar refractivity (Wildman–Crippen MR) is 77.9 cm³/mol. The Morgan fingerprint density at radius 1 is 1.44 bits per heavy atom. The maximum absolute atomic E-state index is 12.7. The first kappa shape index (κ1) is 16.0. The molecular formula is C12H20ClNO2S2. The van der Waals surface area contributed by atoms with Gasteiger partial charge in [-0.2, -0.15) is 4.31 Å². The Balaban J connectivity index is 3.34. The quantitative estimate of drug-likeness (QED) is 0.779. The highest BCUT2D eigenvalue weighted by Crippen LogP contribution is 2.33. The Kier molecular flexibility index (Phi) is 4.87. The van der Waals surface area contributed by atoms with E-state index in [4.69, 9.17) is 11.6 Å². The van der Waals surface area contributed by atoms with Crippen LogP contribution in [0.25, 0.3) is 0 Å². The zero-order valence-corrected chi connectivity index (χ0v) is 13.8. The topological polar surface area (TPSA) is 37.4 Å². The van der Waals surface area contributed by atoms with Gasteiger partial charge in [-0.1, -0.05) is 6.92 Å². The van der Waals surface area contributed by atoms with Gasteiger partial charge in [0.15, 0.2) is 0 Å². The lowest BCUT2D eigenvalue weighted by molar-refractivity contribution is 0.257. The fourth-order valence-electron chi connectivity index (χ4n) is 1.61. The number of rotatable bonds is 5. The summed E-state index contributed by atoms with van der Waals surface area (Å²) in [5.74, 6) is 0.230. The lowest BCUT2D eigenvalue weighted by atomic mass is 10.0. The SMILES string of the molecule is CCC(C)(C)N(C)S(=O)(=O)c1c(C)csc1CCl. The molecule has 1 rings (SSSR count). The van der Waals surface area contributed by atoms with Gasteiger partial charge in [0.25, 0.3) is 0 Å². The molecular weight excluding hydrogens is 290 g/mol. The fraction of sp³-hybridized carbons (Fsp3) is 0.667. The van der Waals surface area contributed by atoms with E-state index < -0.39 is 15.6 Å². The molecule has 0 bridgehead atoms. The van der Waals surface area contributed by atoms with Gasteiger partial charge in [0.1, 0.15) is 4.90 Å². The minimum Gasteiger partial charge on any atom is -0.207 e. The summed E-state index contributed by atoms with van der Waals surface area (Å²) in [5, 5.41) is 1.84. The molecule has 0 radical (unpaired) electrons. The van der Waals surface area contributed by atoms with Gasteiger partial charge in [-0.05, 0) is 38.1 Å².